The Balaban J connectivity index is 1.09. The van der Waals surface area contributed by atoms with Crippen molar-refractivity contribution in [2.75, 3.05) is 18.4 Å². The van der Waals surface area contributed by atoms with E-state index in [0.29, 0.717) is 30.6 Å². The lowest BCUT2D eigenvalue weighted by atomic mass is 9.94. The van der Waals surface area contributed by atoms with Gasteiger partial charge in [0.05, 0.1) is 0 Å². The summed E-state index contributed by atoms with van der Waals surface area (Å²) >= 11 is 0. The molecule has 6 rings (SSSR count). The average molecular weight is 446 g/mol. The minimum absolute atomic E-state index is 0.210. The third-order valence-corrected chi connectivity index (χ3v) is 6.51. The van der Waals surface area contributed by atoms with Crippen LogP contribution in [0.15, 0.2) is 91.1 Å². The maximum absolute atomic E-state index is 13.0. The van der Waals surface area contributed by atoms with Crippen molar-refractivity contribution >= 4 is 39.2 Å². The predicted octanol–water partition coefficient (Wildman–Crippen LogP) is 6.09. The molecule has 5 nitrogen and oxygen atoms in total. The zero-order chi connectivity index (χ0) is 23.1. The molecule has 2 heterocycles. The molecule has 1 aliphatic heterocycles. The number of carbonyl (C=O) groups is 2. The van der Waals surface area contributed by atoms with Gasteiger partial charge in [-0.25, -0.2) is 0 Å². The van der Waals surface area contributed by atoms with Gasteiger partial charge >= 0.3 is 0 Å². The molecule has 1 aromatic heterocycles. The largest absolute Gasteiger partial charge is 0.385 e. The summed E-state index contributed by atoms with van der Waals surface area (Å²) < 4.78 is 0. The van der Waals surface area contributed by atoms with Crippen molar-refractivity contribution in [3.63, 3.8) is 0 Å². The van der Waals surface area contributed by atoms with Gasteiger partial charge in [0.1, 0.15) is 0 Å². The Morgan fingerprint density at radius 1 is 0.735 bits per heavy atom. The van der Waals surface area contributed by atoms with Gasteiger partial charge in [0.2, 0.25) is 0 Å². The van der Waals surface area contributed by atoms with Gasteiger partial charge < -0.3 is 10.3 Å². The zero-order valence-electron chi connectivity index (χ0n) is 18.5. The Morgan fingerprint density at radius 2 is 1.44 bits per heavy atom. The lowest BCUT2D eigenvalue weighted by Crippen LogP contribution is -2.41. The molecule has 2 amide bonds. The van der Waals surface area contributed by atoms with Gasteiger partial charge in [-0.3, -0.25) is 14.5 Å². The second-order valence-corrected chi connectivity index (χ2v) is 8.61. The molecule has 34 heavy (non-hydrogen) atoms. The highest BCUT2D eigenvalue weighted by Gasteiger charge is 2.31. The molecule has 5 heteroatoms. The fourth-order valence-corrected chi connectivity index (χ4v) is 4.77. The van der Waals surface area contributed by atoms with E-state index in [1.54, 1.807) is 12.1 Å². The Labute approximate surface area is 197 Å². The molecule has 0 saturated carbocycles. The van der Waals surface area contributed by atoms with Gasteiger partial charge in [-0.05, 0) is 70.8 Å². The predicted molar refractivity (Wildman–Crippen MR) is 136 cm³/mol. The number of carbonyl (C=O) groups excluding carboxylic acids is 2. The quantitative estimate of drug-likeness (QED) is 0.246. The molecule has 2 N–H and O–H groups in total. The molecule has 0 radical (unpaired) electrons. The minimum Gasteiger partial charge on any atom is -0.385 e. The number of hydrogen-bond acceptors (Lipinski definition) is 3. The van der Waals surface area contributed by atoms with E-state index in [4.69, 9.17) is 0 Å². The van der Waals surface area contributed by atoms with Crippen molar-refractivity contribution in [1.82, 2.24) is 9.88 Å². The molecule has 0 fully saturated rings. The molecule has 0 spiro atoms. The monoisotopic (exact) mass is 445 g/mol. The number of aromatic nitrogens is 1. The SMILES string of the molecule is O=C1c2cccc3cccc(c23)C(=O)N1CCCNc1ccc(-c2ccc3[nH]ccc3c2)cc1. The standard InChI is InChI=1S/C29H23N3O2/c33-28-24-6-1-4-20-5-2-7-25(27(20)24)29(34)32(28)17-3-15-30-23-11-8-19(9-12-23)21-10-13-26-22(18-21)14-16-31-26/h1-2,4-14,16,18,30-31H,3,15,17H2. The number of H-pyrrole nitrogens is 1. The zero-order valence-corrected chi connectivity index (χ0v) is 18.5. The van der Waals surface area contributed by atoms with E-state index in [-0.39, 0.29) is 11.8 Å². The molecule has 0 saturated heterocycles. The molecular formula is C29H23N3O2. The number of rotatable bonds is 6. The highest BCUT2D eigenvalue weighted by molar-refractivity contribution is 6.25. The van der Waals surface area contributed by atoms with Crippen molar-refractivity contribution < 1.29 is 9.59 Å². The van der Waals surface area contributed by atoms with Crippen molar-refractivity contribution in [3.05, 3.63) is 102 Å². The van der Waals surface area contributed by atoms with Gasteiger partial charge in [-0.1, -0.05) is 42.5 Å². The number of aromatic amines is 1. The van der Waals surface area contributed by atoms with Crippen molar-refractivity contribution in [2.45, 2.75) is 6.42 Å². The third kappa shape index (κ3) is 3.42. The number of hydrogen-bond donors (Lipinski definition) is 2. The minimum atomic E-state index is -0.210. The lowest BCUT2D eigenvalue weighted by molar-refractivity contribution is 0.0610. The van der Waals surface area contributed by atoms with E-state index in [0.717, 1.165) is 27.5 Å². The molecule has 0 atom stereocenters. The van der Waals surface area contributed by atoms with Crippen molar-refractivity contribution in [2.24, 2.45) is 0 Å². The van der Waals surface area contributed by atoms with Crippen LogP contribution in [-0.2, 0) is 0 Å². The van der Waals surface area contributed by atoms with Gasteiger partial charge in [-0.15, -0.1) is 0 Å². The number of nitrogens with zero attached hydrogens (tertiary/aromatic N) is 1. The first-order valence-corrected chi connectivity index (χ1v) is 11.5. The first kappa shape index (κ1) is 20.2. The molecule has 5 aromatic rings. The molecule has 166 valence electrons. The van der Waals surface area contributed by atoms with Crippen molar-refractivity contribution in [3.8, 4) is 11.1 Å². The van der Waals surface area contributed by atoms with Gasteiger partial charge in [0.25, 0.3) is 11.8 Å². The molecule has 0 aliphatic carbocycles. The van der Waals surface area contributed by atoms with Crippen LogP contribution in [0.1, 0.15) is 27.1 Å². The van der Waals surface area contributed by atoms with E-state index < -0.39 is 0 Å². The van der Waals surface area contributed by atoms with E-state index in [2.05, 4.69) is 58.8 Å². The maximum atomic E-state index is 13.0. The number of benzene rings is 4. The Hall–Kier alpha value is -4.38. The molecule has 4 aromatic carbocycles. The van der Waals surface area contributed by atoms with E-state index in [1.807, 2.05) is 30.5 Å². The number of fused-ring (bicyclic) bond motifs is 1. The van der Waals surface area contributed by atoms with Crippen LogP contribution in [0.25, 0.3) is 32.8 Å². The van der Waals surface area contributed by atoms with Crippen LogP contribution in [0.3, 0.4) is 0 Å². The summed E-state index contributed by atoms with van der Waals surface area (Å²) in [5.41, 5.74) is 5.69. The molecular weight excluding hydrogens is 422 g/mol. The number of nitrogens with one attached hydrogen (secondary N) is 2. The van der Waals surface area contributed by atoms with E-state index in [1.165, 1.54) is 15.8 Å². The Morgan fingerprint density at radius 3 is 2.18 bits per heavy atom. The summed E-state index contributed by atoms with van der Waals surface area (Å²) in [6.07, 6.45) is 2.62. The van der Waals surface area contributed by atoms with Crippen LogP contribution in [0, 0.1) is 0 Å². The lowest BCUT2D eigenvalue weighted by Gasteiger charge is -2.27. The van der Waals surface area contributed by atoms with E-state index >= 15 is 0 Å². The Bertz CT molecular complexity index is 1500. The Kier molecular flexibility index (Phi) is 4.88. The highest BCUT2D eigenvalue weighted by Crippen LogP contribution is 2.30. The first-order valence-electron chi connectivity index (χ1n) is 11.5. The second-order valence-electron chi connectivity index (χ2n) is 8.61. The number of anilines is 1. The van der Waals surface area contributed by atoms with Crippen LogP contribution in [0.2, 0.25) is 0 Å². The van der Waals surface area contributed by atoms with E-state index in [9.17, 15) is 9.59 Å². The topological polar surface area (TPSA) is 65.2 Å². The highest BCUT2D eigenvalue weighted by atomic mass is 16.2. The summed E-state index contributed by atoms with van der Waals surface area (Å²) in [5, 5.41) is 6.29. The van der Waals surface area contributed by atoms with Gasteiger partial charge in [0.15, 0.2) is 0 Å². The average Bonchev–Trinajstić information content (AvgIpc) is 3.35. The summed E-state index contributed by atoms with van der Waals surface area (Å²) in [4.78, 5) is 30.6. The number of amides is 2. The summed E-state index contributed by atoms with van der Waals surface area (Å²) in [5.74, 6) is -0.420. The smallest absolute Gasteiger partial charge is 0.261 e. The van der Waals surface area contributed by atoms with Crippen LogP contribution in [0.4, 0.5) is 5.69 Å². The fraction of sp³-hybridized carbons (Fsp3) is 0.103. The first-order chi connectivity index (χ1) is 16.7. The van der Waals surface area contributed by atoms with Crippen LogP contribution >= 0.6 is 0 Å². The van der Waals surface area contributed by atoms with Crippen LogP contribution in [-0.4, -0.2) is 34.8 Å². The molecule has 1 aliphatic rings. The summed E-state index contributed by atoms with van der Waals surface area (Å²) in [7, 11) is 0. The maximum Gasteiger partial charge on any atom is 0.261 e. The summed E-state index contributed by atoms with van der Waals surface area (Å²) in [6, 6.07) is 28.0. The van der Waals surface area contributed by atoms with Crippen molar-refractivity contribution in [1.29, 1.82) is 0 Å². The van der Waals surface area contributed by atoms with Gasteiger partial charge in [-0.2, -0.15) is 0 Å². The van der Waals surface area contributed by atoms with Gasteiger partial charge in [0, 0.05) is 47.0 Å². The molecule has 0 unspecified atom stereocenters. The third-order valence-electron chi connectivity index (χ3n) is 6.51. The normalized spacial score (nSPS) is 13.1. The fourth-order valence-electron chi connectivity index (χ4n) is 4.77. The van der Waals surface area contributed by atoms with Crippen LogP contribution in [0.5, 0.6) is 0 Å². The number of imide groups is 1. The summed E-state index contributed by atoms with van der Waals surface area (Å²) in [6.45, 7) is 1.04. The second kappa shape index (κ2) is 8.19. The van der Waals surface area contributed by atoms with Crippen LogP contribution < -0.4 is 5.32 Å². The molecule has 0 bridgehead atoms.